The molecule has 0 bridgehead atoms. The minimum absolute atomic E-state index is 0.0393. The summed E-state index contributed by atoms with van der Waals surface area (Å²) in [6.07, 6.45) is -7.74. The molecule has 2 amide bonds. The van der Waals surface area contributed by atoms with Gasteiger partial charge < -0.3 is 10.2 Å². The predicted molar refractivity (Wildman–Crippen MR) is 53.4 cm³/mol. The molecule has 3 N–H and O–H groups in total. The molecule has 0 fully saturated rings. The van der Waals surface area contributed by atoms with Gasteiger partial charge in [0.1, 0.15) is 6.54 Å². The van der Waals surface area contributed by atoms with Crippen molar-refractivity contribution < 1.29 is 33.0 Å². The summed E-state index contributed by atoms with van der Waals surface area (Å²) < 4.78 is 36.0. The van der Waals surface area contributed by atoms with E-state index < -0.39 is 37.4 Å². The number of alkyl halides is 3. The van der Waals surface area contributed by atoms with Gasteiger partial charge in [0, 0.05) is 18.8 Å². The first-order valence-corrected chi connectivity index (χ1v) is 4.82. The molecule has 0 aliphatic rings. The summed E-state index contributed by atoms with van der Waals surface area (Å²) in [7, 11) is 1.19. The zero-order valence-electron chi connectivity index (χ0n) is 9.11. The molecule has 0 saturated heterocycles. The topological polar surface area (TPSA) is 93.1 Å². The Bertz CT molecular complexity index is 315. The number of nitrogens with one attached hydrogen (secondary N) is 1. The van der Waals surface area contributed by atoms with Crippen LogP contribution in [0.3, 0.4) is 0 Å². The molecule has 1 atom stereocenters. The monoisotopic (exact) mass is 293 g/mol. The SMILES string of the molecule is CNN(CC(=O)O)C(=O)N(Cl)CC(O)C(F)(F)F. The van der Waals surface area contributed by atoms with E-state index >= 15 is 0 Å². The maximum Gasteiger partial charge on any atom is 0.416 e. The van der Waals surface area contributed by atoms with Crippen molar-refractivity contribution in [2.24, 2.45) is 0 Å². The molecule has 0 spiro atoms. The number of hydrazine groups is 1. The van der Waals surface area contributed by atoms with Crippen LogP contribution < -0.4 is 5.43 Å². The Balaban J connectivity index is 4.53. The highest BCUT2D eigenvalue weighted by atomic mass is 35.5. The lowest BCUT2D eigenvalue weighted by Gasteiger charge is -2.25. The van der Waals surface area contributed by atoms with Gasteiger partial charge in [0.2, 0.25) is 0 Å². The van der Waals surface area contributed by atoms with Crippen LogP contribution in [-0.4, -0.2) is 64.1 Å². The van der Waals surface area contributed by atoms with Crippen LogP contribution >= 0.6 is 11.8 Å². The summed E-state index contributed by atoms with van der Waals surface area (Å²) in [4.78, 5) is 21.7. The van der Waals surface area contributed by atoms with E-state index in [-0.39, 0.29) is 4.42 Å². The van der Waals surface area contributed by atoms with Crippen LogP contribution in [0.25, 0.3) is 0 Å². The minimum Gasteiger partial charge on any atom is -0.480 e. The highest BCUT2D eigenvalue weighted by molar-refractivity contribution is 6.21. The van der Waals surface area contributed by atoms with E-state index in [1.807, 2.05) is 0 Å². The van der Waals surface area contributed by atoms with Gasteiger partial charge in [0.05, 0.1) is 6.54 Å². The van der Waals surface area contributed by atoms with Crippen molar-refractivity contribution in [1.82, 2.24) is 14.9 Å². The first-order chi connectivity index (χ1) is 8.09. The number of aliphatic hydroxyl groups excluding tert-OH is 1. The minimum atomic E-state index is -4.93. The molecular weight excluding hydrogens is 283 g/mol. The van der Waals surface area contributed by atoms with E-state index in [9.17, 15) is 22.8 Å². The number of aliphatic hydroxyl groups is 1. The van der Waals surface area contributed by atoms with Crippen molar-refractivity contribution in [3.05, 3.63) is 0 Å². The molecule has 0 aromatic rings. The number of carbonyl (C=O) groups is 2. The summed E-state index contributed by atoms with van der Waals surface area (Å²) in [5.41, 5.74) is 2.14. The Morgan fingerprint density at radius 2 is 1.94 bits per heavy atom. The molecule has 1 unspecified atom stereocenters. The van der Waals surface area contributed by atoms with Gasteiger partial charge in [-0.1, -0.05) is 0 Å². The number of aliphatic carboxylic acids is 1. The van der Waals surface area contributed by atoms with E-state index in [0.29, 0.717) is 5.01 Å². The van der Waals surface area contributed by atoms with E-state index in [1.54, 1.807) is 0 Å². The van der Waals surface area contributed by atoms with Gasteiger partial charge in [-0.15, -0.1) is 0 Å². The molecule has 0 aliphatic heterocycles. The number of carboxylic acid groups (broad SMARTS) is 1. The number of carboxylic acids is 1. The van der Waals surface area contributed by atoms with Crippen molar-refractivity contribution in [3.63, 3.8) is 0 Å². The van der Waals surface area contributed by atoms with Crippen LogP contribution in [0.5, 0.6) is 0 Å². The predicted octanol–water partition coefficient (Wildman–Crippen LogP) is 0.00640. The molecule has 0 aliphatic carbocycles. The quantitative estimate of drug-likeness (QED) is 0.490. The number of carbonyl (C=O) groups excluding carboxylic acids is 1. The molecule has 11 heteroatoms. The third-order valence-corrected chi connectivity index (χ3v) is 2.00. The van der Waals surface area contributed by atoms with Gasteiger partial charge in [0.15, 0.2) is 6.10 Å². The van der Waals surface area contributed by atoms with E-state index in [0.717, 1.165) is 0 Å². The van der Waals surface area contributed by atoms with E-state index in [4.69, 9.17) is 22.0 Å². The number of amides is 2. The average Bonchev–Trinajstić information content (AvgIpc) is 2.23. The van der Waals surface area contributed by atoms with Gasteiger partial charge in [-0.2, -0.15) is 13.2 Å². The maximum atomic E-state index is 12.0. The fourth-order valence-corrected chi connectivity index (χ4v) is 1.06. The second kappa shape index (κ2) is 6.61. The third-order valence-electron chi connectivity index (χ3n) is 1.71. The Labute approximate surface area is 105 Å². The molecule has 0 aromatic carbocycles. The molecule has 106 valence electrons. The molecule has 18 heavy (non-hydrogen) atoms. The Hall–Kier alpha value is -1.26. The fraction of sp³-hybridized carbons (Fsp3) is 0.714. The second-order valence-electron chi connectivity index (χ2n) is 3.09. The summed E-state index contributed by atoms with van der Waals surface area (Å²) in [5, 5.41) is 17.6. The highest BCUT2D eigenvalue weighted by Gasteiger charge is 2.40. The van der Waals surface area contributed by atoms with Crippen molar-refractivity contribution in [3.8, 4) is 0 Å². The summed E-state index contributed by atoms with van der Waals surface area (Å²) in [5.74, 6) is -1.39. The summed E-state index contributed by atoms with van der Waals surface area (Å²) in [6, 6.07) is -1.23. The summed E-state index contributed by atoms with van der Waals surface area (Å²) in [6.45, 7) is -2.03. The number of rotatable bonds is 5. The van der Waals surface area contributed by atoms with Crippen LogP contribution in [0.1, 0.15) is 0 Å². The molecule has 7 nitrogen and oxygen atoms in total. The normalized spacial score (nSPS) is 13.0. The van der Waals surface area contributed by atoms with E-state index in [2.05, 4.69) is 5.43 Å². The zero-order chi connectivity index (χ0) is 14.5. The Kier molecular flexibility index (Phi) is 6.15. The number of hydrogen-bond acceptors (Lipinski definition) is 4. The lowest BCUT2D eigenvalue weighted by atomic mass is 10.3. The smallest absolute Gasteiger partial charge is 0.416 e. The lowest BCUT2D eigenvalue weighted by molar-refractivity contribution is -0.204. The molecule has 0 radical (unpaired) electrons. The maximum absolute atomic E-state index is 12.0. The van der Waals surface area contributed by atoms with Gasteiger partial charge in [0.25, 0.3) is 0 Å². The van der Waals surface area contributed by atoms with Crippen molar-refractivity contribution >= 4 is 23.8 Å². The first-order valence-electron chi connectivity index (χ1n) is 4.48. The molecule has 0 rings (SSSR count). The van der Waals surface area contributed by atoms with Gasteiger partial charge in [-0.05, 0) is 0 Å². The van der Waals surface area contributed by atoms with Crippen LogP contribution in [0.4, 0.5) is 18.0 Å². The number of hydrogen-bond donors (Lipinski definition) is 3. The zero-order valence-corrected chi connectivity index (χ0v) is 9.86. The Morgan fingerprint density at radius 3 is 2.28 bits per heavy atom. The van der Waals surface area contributed by atoms with Crippen molar-refractivity contribution in [2.75, 3.05) is 20.1 Å². The van der Waals surface area contributed by atoms with Crippen molar-refractivity contribution in [2.45, 2.75) is 12.3 Å². The van der Waals surface area contributed by atoms with Crippen LogP contribution in [0.15, 0.2) is 0 Å². The van der Waals surface area contributed by atoms with Crippen LogP contribution in [0.2, 0.25) is 0 Å². The van der Waals surface area contributed by atoms with Gasteiger partial charge in [-0.3, -0.25) is 4.79 Å². The van der Waals surface area contributed by atoms with Gasteiger partial charge in [-0.25, -0.2) is 19.6 Å². The third kappa shape index (κ3) is 5.38. The summed E-state index contributed by atoms with van der Waals surface area (Å²) >= 11 is 5.24. The number of nitrogens with zero attached hydrogens (tertiary/aromatic N) is 2. The average molecular weight is 294 g/mol. The standard InChI is InChI=1S/C7H11ClF3N3O4/c1-12-14(3-5(16)17)6(18)13(8)2-4(15)7(9,10)11/h4,12,15H,2-3H2,1H3,(H,16,17). The second-order valence-corrected chi connectivity index (χ2v) is 3.50. The van der Waals surface area contributed by atoms with Gasteiger partial charge >= 0.3 is 18.2 Å². The molecular formula is C7H11ClF3N3O4. The fourth-order valence-electron chi connectivity index (χ4n) is 0.842. The molecule has 0 aromatic heterocycles. The molecule has 0 saturated carbocycles. The first kappa shape index (κ1) is 16.7. The lowest BCUT2D eigenvalue weighted by Crippen LogP contribution is -2.50. The van der Waals surface area contributed by atoms with Crippen molar-refractivity contribution in [1.29, 1.82) is 0 Å². The van der Waals surface area contributed by atoms with Crippen LogP contribution in [0, 0.1) is 0 Å². The largest absolute Gasteiger partial charge is 0.480 e. The number of urea groups is 1. The molecule has 0 heterocycles. The Morgan fingerprint density at radius 1 is 1.44 bits per heavy atom. The highest BCUT2D eigenvalue weighted by Crippen LogP contribution is 2.21. The number of halogens is 4. The van der Waals surface area contributed by atoms with Crippen LogP contribution in [-0.2, 0) is 4.79 Å². The van der Waals surface area contributed by atoms with E-state index in [1.165, 1.54) is 7.05 Å².